The number of nitrogens with zero attached hydrogens (tertiary/aromatic N) is 1. The van der Waals surface area contributed by atoms with Crippen LogP contribution in [0.25, 0.3) is 0 Å². The maximum absolute atomic E-state index is 13.9. The first-order valence-electron chi connectivity index (χ1n) is 10.0. The molecule has 0 radical (unpaired) electrons. The molecule has 0 aromatic heterocycles. The molecule has 1 aliphatic rings. The van der Waals surface area contributed by atoms with Gasteiger partial charge in [0, 0.05) is 43.5 Å². The van der Waals surface area contributed by atoms with Gasteiger partial charge >= 0.3 is 0 Å². The second-order valence-corrected chi connectivity index (χ2v) is 9.34. The van der Waals surface area contributed by atoms with Crippen molar-refractivity contribution in [1.29, 1.82) is 0 Å². The van der Waals surface area contributed by atoms with Crippen molar-refractivity contribution in [2.24, 2.45) is 5.92 Å². The highest BCUT2D eigenvalue weighted by molar-refractivity contribution is 7.89. The van der Waals surface area contributed by atoms with Crippen molar-refractivity contribution in [3.63, 3.8) is 0 Å². The third-order valence-corrected chi connectivity index (χ3v) is 6.70. The number of nitrogens with one attached hydrogen (secondary N) is 1. The summed E-state index contributed by atoms with van der Waals surface area (Å²) < 4.78 is 59.7. The van der Waals surface area contributed by atoms with Gasteiger partial charge in [0.2, 0.25) is 15.9 Å². The van der Waals surface area contributed by atoms with Gasteiger partial charge in [0.15, 0.2) is 0 Å². The highest BCUT2D eigenvalue weighted by Gasteiger charge is 2.42. The molecule has 29 heavy (non-hydrogen) atoms. The second kappa shape index (κ2) is 9.84. The quantitative estimate of drug-likeness (QED) is 0.650. The Morgan fingerprint density at radius 2 is 1.83 bits per heavy atom. The summed E-state index contributed by atoms with van der Waals surface area (Å²) in [4.78, 5) is 14.0. The fourth-order valence-corrected chi connectivity index (χ4v) is 4.40. The zero-order valence-corrected chi connectivity index (χ0v) is 18.0. The van der Waals surface area contributed by atoms with E-state index in [2.05, 4.69) is 4.72 Å². The molecule has 0 heterocycles. The highest BCUT2D eigenvalue weighted by atomic mass is 32.2. The molecule has 0 saturated heterocycles. The number of benzene rings is 1. The predicted octanol–water partition coefficient (Wildman–Crippen LogP) is 3.29. The lowest BCUT2D eigenvalue weighted by atomic mass is 9.83. The smallest absolute Gasteiger partial charge is 0.253 e. The lowest BCUT2D eigenvalue weighted by Gasteiger charge is -2.36. The van der Waals surface area contributed by atoms with Crippen LogP contribution in [0.2, 0.25) is 0 Å². The van der Waals surface area contributed by atoms with Crippen LogP contribution in [0.5, 0.6) is 5.75 Å². The van der Waals surface area contributed by atoms with E-state index in [0.29, 0.717) is 24.4 Å². The van der Waals surface area contributed by atoms with E-state index in [0.717, 1.165) is 0 Å². The Morgan fingerprint density at radius 1 is 1.21 bits per heavy atom. The minimum Gasteiger partial charge on any atom is -0.493 e. The summed E-state index contributed by atoms with van der Waals surface area (Å²) in [6, 6.07) is 5.96. The Hall–Kier alpha value is -1.74. The maximum atomic E-state index is 13.9. The zero-order valence-electron chi connectivity index (χ0n) is 17.2. The van der Waals surface area contributed by atoms with Gasteiger partial charge in [0.05, 0.1) is 12.4 Å². The molecule has 9 heteroatoms. The van der Waals surface area contributed by atoms with E-state index in [1.165, 1.54) is 6.92 Å². The second-order valence-electron chi connectivity index (χ2n) is 7.30. The molecule has 0 unspecified atom stereocenters. The van der Waals surface area contributed by atoms with Crippen LogP contribution < -0.4 is 9.46 Å². The van der Waals surface area contributed by atoms with Crippen LogP contribution in [0.15, 0.2) is 24.3 Å². The fraction of sp³-hybridized carbons (Fsp3) is 0.650. The maximum Gasteiger partial charge on any atom is 0.253 e. The van der Waals surface area contributed by atoms with Crippen molar-refractivity contribution in [2.75, 3.05) is 25.4 Å². The minimum atomic E-state index is -3.49. The van der Waals surface area contributed by atoms with E-state index in [9.17, 15) is 22.0 Å². The van der Waals surface area contributed by atoms with Gasteiger partial charge in [-0.2, -0.15) is 0 Å². The van der Waals surface area contributed by atoms with Gasteiger partial charge in [-0.15, -0.1) is 0 Å². The van der Waals surface area contributed by atoms with Gasteiger partial charge in [-0.3, -0.25) is 4.79 Å². The summed E-state index contributed by atoms with van der Waals surface area (Å²) in [5, 5.41) is 0. The topological polar surface area (TPSA) is 75.7 Å². The van der Waals surface area contributed by atoms with Crippen molar-refractivity contribution < 1.29 is 26.7 Å². The molecule has 0 spiro atoms. The third-order valence-electron chi connectivity index (χ3n) is 5.28. The SMILES string of the molecule is CCN(CC)C(=O)c1ccc(OC[C@H]2CC(F)(F)CC[C@@H]2NS(=O)(=O)CC)cc1. The van der Waals surface area contributed by atoms with Crippen LogP contribution in [0.3, 0.4) is 0 Å². The summed E-state index contributed by atoms with van der Waals surface area (Å²) in [6.45, 7) is 6.50. The Balaban J connectivity index is 2.04. The summed E-state index contributed by atoms with van der Waals surface area (Å²) >= 11 is 0. The van der Waals surface area contributed by atoms with Crippen LogP contribution in [-0.4, -0.2) is 56.6 Å². The van der Waals surface area contributed by atoms with Gasteiger partial charge in [-0.1, -0.05) is 0 Å². The number of amides is 1. The van der Waals surface area contributed by atoms with Gasteiger partial charge in [-0.05, 0) is 51.5 Å². The van der Waals surface area contributed by atoms with Crippen molar-refractivity contribution >= 4 is 15.9 Å². The number of hydrogen-bond donors (Lipinski definition) is 1. The number of ether oxygens (including phenoxy) is 1. The van der Waals surface area contributed by atoms with Gasteiger partial charge < -0.3 is 9.64 Å². The van der Waals surface area contributed by atoms with Crippen LogP contribution in [-0.2, 0) is 10.0 Å². The highest BCUT2D eigenvalue weighted by Crippen LogP contribution is 2.37. The Kier molecular flexibility index (Phi) is 7.99. The minimum absolute atomic E-state index is 0.0319. The fourth-order valence-electron chi connectivity index (χ4n) is 3.46. The van der Waals surface area contributed by atoms with Crippen molar-refractivity contribution in [3.05, 3.63) is 29.8 Å². The monoisotopic (exact) mass is 432 g/mol. The van der Waals surface area contributed by atoms with Crippen LogP contribution in [0.4, 0.5) is 8.78 Å². The van der Waals surface area contributed by atoms with E-state index in [-0.39, 0.29) is 31.1 Å². The Labute approximate surface area is 171 Å². The zero-order chi connectivity index (χ0) is 21.7. The van der Waals surface area contributed by atoms with E-state index in [1.807, 2.05) is 13.8 Å². The molecule has 1 saturated carbocycles. The molecular weight excluding hydrogens is 402 g/mol. The van der Waals surface area contributed by atoms with E-state index >= 15 is 0 Å². The summed E-state index contributed by atoms with van der Waals surface area (Å²) in [5.41, 5.74) is 0.527. The van der Waals surface area contributed by atoms with Crippen molar-refractivity contribution in [3.8, 4) is 5.75 Å². The molecule has 1 aromatic rings. The molecular formula is C20H30F2N2O4S. The number of rotatable bonds is 9. The summed E-state index contributed by atoms with van der Waals surface area (Å²) in [7, 11) is -3.49. The van der Waals surface area contributed by atoms with Crippen LogP contribution in [0, 0.1) is 5.92 Å². The first-order valence-corrected chi connectivity index (χ1v) is 11.7. The molecule has 1 N–H and O–H groups in total. The van der Waals surface area contributed by atoms with E-state index in [1.54, 1.807) is 29.2 Å². The number of sulfonamides is 1. The molecule has 1 aromatic carbocycles. The normalized spacial score (nSPS) is 21.6. The van der Waals surface area contributed by atoms with Crippen LogP contribution in [0.1, 0.15) is 50.4 Å². The molecule has 1 fully saturated rings. The average Bonchev–Trinajstić information content (AvgIpc) is 2.69. The van der Waals surface area contributed by atoms with Gasteiger partial charge in [-0.25, -0.2) is 21.9 Å². The van der Waals surface area contributed by atoms with Gasteiger partial charge in [0.25, 0.3) is 5.91 Å². The van der Waals surface area contributed by atoms with Crippen molar-refractivity contribution in [1.82, 2.24) is 9.62 Å². The lowest BCUT2D eigenvalue weighted by molar-refractivity contribution is -0.0661. The molecule has 2 rings (SSSR count). The molecule has 1 amide bonds. The summed E-state index contributed by atoms with van der Waals surface area (Å²) in [6.07, 6.45) is -0.706. The Bertz CT molecular complexity index is 780. The largest absolute Gasteiger partial charge is 0.493 e. The molecule has 2 atom stereocenters. The summed E-state index contributed by atoms with van der Waals surface area (Å²) in [5.74, 6) is -3.20. The van der Waals surface area contributed by atoms with Crippen molar-refractivity contribution in [2.45, 2.75) is 52.0 Å². The average molecular weight is 433 g/mol. The lowest BCUT2D eigenvalue weighted by Crippen LogP contribution is -2.48. The number of carbonyl (C=O) groups excluding carboxylic acids is 1. The number of alkyl halides is 2. The first kappa shape index (κ1) is 23.5. The molecule has 0 aliphatic heterocycles. The molecule has 6 nitrogen and oxygen atoms in total. The standard InChI is InChI=1S/C20H30F2N2O4S/c1-4-24(5-2)19(25)15-7-9-17(10-8-15)28-14-16-13-20(21,22)12-11-18(16)23-29(26,27)6-3/h7-10,16,18,23H,4-6,11-14H2,1-3H3/t16-,18+/m1/s1. The van der Waals surface area contributed by atoms with Gasteiger partial charge in [0.1, 0.15) is 5.75 Å². The number of hydrogen-bond acceptors (Lipinski definition) is 4. The Morgan fingerprint density at radius 3 is 2.38 bits per heavy atom. The predicted molar refractivity (Wildman–Crippen MR) is 108 cm³/mol. The van der Waals surface area contributed by atoms with Crippen LogP contribution >= 0.6 is 0 Å². The molecule has 0 bridgehead atoms. The number of carbonyl (C=O) groups is 1. The number of halogens is 2. The van der Waals surface area contributed by atoms with E-state index in [4.69, 9.17) is 4.74 Å². The molecule has 1 aliphatic carbocycles. The first-order chi connectivity index (χ1) is 13.6. The third kappa shape index (κ3) is 6.64. The van der Waals surface area contributed by atoms with E-state index < -0.39 is 34.3 Å². The molecule has 164 valence electrons.